The molecule has 0 spiro atoms. The predicted octanol–water partition coefficient (Wildman–Crippen LogP) is 2.49. The molecule has 156 valence electrons. The van der Waals surface area contributed by atoms with Crippen LogP contribution in [0.25, 0.3) is 0 Å². The number of benzene rings is 1. The van der Waals surface area contributed by atoms with E-state index in [1.54, 1.807) is 44.2 Å². The monoisotopic (exact) mass is 407 g/mol. The standard InChI is InChI=1S/C24H25NO5/c1-12(2)21(24(29)30-11-18(26)13-6-4-3-5-7-13)25-22(27)19-14-8-9-15(17-10-16(14)17)20(19)23(25)28/h3-9,12,14-17,19-21H,10-11H2,1-2H3/t14-,15-,16-,17+,19-,20+,21+/m0/s1. The summed E-state index contributed by atoms with van der Waals surface area (Å²) in [5.74, 6) is -1.30. The molecule has 5 aliphatic rings. The maximum Gasteiger partial charge on any atom is 0.330 e. The second-order valence-corrected chi connectivity index (χ2v) is 9.29. The Balaban J connectivity index is 1.34. The fourth-order valence-electron chi connectivity index (χ4n) is 5.86. The molecule has 0 aromatic heterocycles. The predicted molar refractivity (Wildman–Crippen MR) is 107 cm³/mol. The Morgan fingerprint density at radius 2 is 1.57 bits per heavy atom. The van der Waals surface area contributed by atoms with E-state index in [0.29, 0.717) is 17.4 Å². The average Bonchev–Trinajstić information content (AvgIpc) is 3.53. The number of carbonyl (C=O) groups is 4. The number of likely N-dealkylation sites (tertiary alicyclic amines) is 1. The van der Waals surface area contributed by atoms with Gasteiger partial charge in [0.15, 0.2) is 12.4 Å². The molecule has 0 N–H and O–H groups in total. The van der Waals surface area contributed by atoms with Gasteiger partial charge in [-0.25, -0.2) is 4.79 Å². The van der Waals surface area contributed by atoms with Crippen molar-refractivity contribution in [3.8, 4) is 0 Å². The second kappa shape index (κ2) is 6.89. The van der Waals surface area contributed by atoms with Crippen molar-refractivity contribution in [1.29, 1.82) is 0 Å². The number of nitrogens with zero attached hydrogens (tertiary/aromatic N) is 1. The Bertz CT molecular complexity index is 916. The van der Waals surface area contributed by atoms with E-state index in [9.17, 15) is 19.2 Å². The van der Waals surface area contributed by atoms with Crippen molar-refractivity contribution in [2.75, 3.05) is 6.61 Å². The zero-order chi connectivity index (χ0) is 21.2. The molecule has 6 heteroatoms. The molecular formula is C24H25NO5. The van der Waals surface area contributed by atoms with Crippen LogP contribution in [0.3, 0.4) is 0 Å². The van der Waals surface area contributed by atoms with Crippen LogP contribution in [0.2, 0.25) is 0 Å². The Morgan fingerprint density at radius 3 is 2.10 bits per heavy atom. The number of esters is 1. The molecule has 6 rings (SSSR count). The zero-order valence-corrected chi connectivity index (χ0v) is 17.1. The van der Waals surface area contributed by atoms with Gasteiger partial charge in [0.25, 0.3) is 0 Å². The number of hydrogen-bond acceptors (Lipinski definition) is 5. The summed E-state index contributed by atoms with van der Waals surface area (Å²) in [4.78, 5) is 53.0. The summed E-state index contributed by atoms with van der Waals surface area (Å²) < 4.78 is 5.29. The van der Waals surface area contributed by atoms with E-state index in [1.165, 1.54) is 0 Å². The van der Waals surface area contributed by atoms with Crippen molar-refractivity contribution in [1.82, 2.24) is 4.90 Å². The first-order chi connectivity index (χ1) is 14.4. The number of imide groups is 1. The number of ketones is 1. The molecule has 2 amide bonds. The maximum atomic E-state index is 13.3. The summed E-state index contributed by atoms with van der Waals surface area (Å²) in [7, 11) is 0. The van der Waals surface area contributed by atoms with Gasteiger partial charge in [0.2, 0.25) is 11.8 Å². The van der Waals surface area contributed by atoms with Gasteiger partial charge in [-0.3, -0.25) is 19.3 Å². The summed E-state index contributed by atoms with van der Waals surface area (Å²) in [6.45, 7) is 3.17. The Hall–Kier alpha value is -2.76. The lowest BCUT2D eigenvalue weighted by Gasteiger charge is -2.37. The summed E-state index contributed by atoms with van der Waals surface area (Å²) in [6, 6.07) is 7.58. The second-order valence-electron chi connectivity index (χ2n) is 9.29. The van der Waals surface area contributed by atoms with Crippen LogP contribution in [-0.4, -0.2) is 41.1 Å². The van der Waals surface area contributed by atoms with Gasteiger partial charge in [-0.2, -0.15) is 0 Å². The minimum Gasteiger partial charge on any atom is -0.456 e. The molecule has 3 fully saturated rings. The van der Waals surface area contributed by atoms with Gasteiger partial charge in [-0.05, 0) is 36.0 Å². The first kappa shape index (κ1) is 19.2. The summed E-state index contributed by atoms with van der Waals surface area (Å²) >= 11 is 0. The zero-order valence-electron chi connectivity index (χ0n) is 17.1. The van der Waals surface area contributed by atoms with Crippen molar-refractivity contribution in [3.05, 3.63) is 48.0 Å². The van der Waals surface area contributed by atoms with E-state index >= 15 is 0 Å². The van der Waals surface area contributed by atoms with E-state index in [-0.39, 0.29) is 47.2 Å². The molecule has 0 unspecified atom stereocenters. The molecule has 7 atom stereocenters. The number of hydrogen-bond donors (Lipinski definition) is 0. The highest BCUT2D eigenvalue weighted by Crippen LogP contribution is 2.65. The SMILES string of the molecule is CC(C)[C@H](C(=O)OCC(=O)c1ccccc1)N1C(=O)[C@@H]2[C@H]3C=C[C@@H]([C@@H]4C[C@H]34)[C@@H]2C1=O. The van der Waals surface area contributed by atoms with Gasteiger partial charge < -0.3 is 4.74 Å². The van der Waals surface area contributed by atoms with E-state index in [2.05, 4.69) is 12.2 Å². The van der Waals surface area contributed by atoms with Gasteiger partial charge in [0.05, 0.1) is 11.8 Å². The van der Waals surface area contributed by atoms with E-state index < -0.39 is 18.6 Å². The fraction of sp³-hybridized carbons (Fsp3) is 0.500. The van der Waals surface area contributed by atoms with Gasteiger partial charge in [0, 0.05) is 5.56 Å². The van der Waals surface area contributed by atoms with Crippen LogP contribution in [0, 0.1) is 41.4 Å². The number of carbonyl (C=O) groups excluding carboxylic acids is 4. The van der Waals surface area contributed by atoms with Gasteiger partial charge in [0.1, 0.15) is 6.04 Å². The minimum absolute atomic E-state index is 0.106. The average molecular weight is 407 g/mol. The molecule has 2 bridgehead atoms. The van der Waals surface area contributed by atoms with Gasteiger partial charge in [-0.1, -0.05) is 56.3 Å². The first-order valence-corrected chi connectivity index (χ1v) is 10.7. The largest absolute Gasteiger partial charge is 0.456 e. The highest BCUT2D eigenvalue weighted by atomic mass is 16.5. The first-order valence-electron chi connectivity index (χ1n) is 10.7. The molecule has 30 heavy (non-hydrogen) atoms. The van der Waals surface area contributed by atoms with Crippen LogP contribution in [0.5, 0.6) is 0 Å². The third-order valence-corrected chi connectivity index (χ3v) is 7.29. The van der Waals surface area contributed by atoms with Crippen LogP contribution >= 0.6 is 0 Å². The molecule has 1 heterocycles. The van der Waals surface area contributed by atoms with Crippen molar-refractivity contribution in [2.45, 2.75) is 26.3 Å². The van der Waals surface area contributed by atoms with Crippen LogP contribution < -0.4 is 0 Å². The van der Waals surface area contributed by atoms with E-state index in [4.69, 9.17) is 4.74 Å². The molecule has 1 aromatic rings. The Labute approximate surface area is 175 Å². The van der Waals surface area contributed by atoms with Crippen LogP contribution in [0.4, 0.5) is 0 Å². The lowest BCUT2D eigenvalue weighted by atomic mass is 9.63. The molecule has 1 aromatic carbocycles. The normalized spacial score (nSPS) is 34.0. The maximum absolute atomic E-state index is 13.3. The van der Waals surface area contributed by atoms with E-state index in [0.717, 1.165) is 11.3 Å². The minimum atomic E-state index is -1.00. The lowest BCUT2D eigenvalue weighted by molar-refractivity contribution is -0.160. The molecule has 4 aliphatic carbocycles. The molecule has 0 radical (unpaired) electrons. The van der Waals surface area contributed by atoms with Crippen molar-refractivity contribution in [2.24, 2.45) is 41.4 Å². The Kier molecular flexibility index (Phi) is 4.42. The molecule has 1 saturated heterocycles. The third kappa shape index (κ3) is 2.76. The smallest absolute Gasteiger partial charge is 0.330 e. The quantitative estimate of drug-likeness (QED) is 0.313. The Morgan fingerprint density at radius 1 is 1.00 bits per heavy atom. The van der Waals surface area contributed by atoms with Crippen LogP contribution in [-0.2, 0) is 19.1 Å². The molecule has 2 saturated carbocycles. The molecule has 1 aliphatic heterocycles. The highest BCUT2D eigenvalue weighted by Gasteiger charge is 2.68. The number of ether oxygens (including phenoxy) is 1. The summed E-state index contributed by atoms with van der Waals surface area (Å²) in [6.07, 6.45) is 5.30. The fourth-order valence-corrected chi connectivity index (χ4v) is 5.86. The number of amides is 2. The van der Waals surface area contributed by atoms with Crippen molar-refractivity contribution in [3.63, 3.8) is 0 Å². The number of Topliss-reactive ketones (excluding diaryl/α,β-unsaturated/α-hetero) is 1. The van der Waals surface area contributed by atoms with Gasteiger partial charge >= 0.3 is 5.97 Å². The topological polar surface area (TPSA) is 80.8 Å². The summed E-state index contributed by atoms with van der Waals surface area (Å²) in [5.41, 5.74) is 0.451. The third-order valence-electron chi connectivity index (χ3n) is 7.29. The van der Waals surface area contributed by atoms with Crippen molar-refractivity contribution < 1.29 is 23.9 Å². The molecular weight excluding hydrogens is 382 g/mol. The number of allylic oxidation sites excluding steroid dienone is 2. The van der Waals surface area contributed by atoms with E-state index in [1.807, 2.05) is 0 Å². The van der Waals surface area contributed by atoms with Gasteiger partial charge in [-0.15, -0.1) is 0 Å². The highest BCUT2D eigenvalue weighted by molar-refractivity contribution is 6.09. The van der Waals surface area contributed by atoms with Crippen molar-refractivity contribution >= 4 is 23.6 Å². The van der Waals surface area contributed by atoms with Crippen LogP contribution in [0.15, 0.2) is 42.5 Å². The number of rotatable bonds is 6. The van der Waals surface area contributed by atoms with Crippen LogP contribution in [0.1, 0.15) is 30.6 Å². The lowest BCUT2D eigenvalue weighted by Crippen LogP contribution is -2.49. The summed E-state index contributed by atoms with van der Waals surface area (Å²) in [5, 5.41) is 0. The molecule has 6 nitrogen and oxygen atoms in total.